The van der Waals surface area contributed by atoms with E-state index in [1.165, 1.54) is 17.4 Å². The van der Waals surface area contributed by atoms with Crippen molar-refractivity contribution in [1.29, 1.82) is 0 Å². The highest BCUT2D eigenvalue weighted by Crippen LogP contribution is 2.27. The summed E-state index contributed by atoms with van der Waals surface area (Å²) in [6.07, 6.45) is 2.12. The molecule has 19 heavy (non-hydrogen) atoms. The van der Waals surface area contributed by atoms with Crippen molar-refractivity contribution in [1.82, 2.24) is 4.98 Å². The number of rotatable bonds is 6. The molecule has 0 aliphatic carbocycles. The molecule has 1 unspecified atom stereocenters. The van der Waals surface area contributed by atoms with Gasteiger partial charge in [0, 0.05) is 11.1 Å². The second-order valence-electron chi connectivity index (χ2n) is 5.01. The second kappa shape index (κ2) is 6.92. The van der Waals surface area contributed by atoms with Gasteiger partial charge in [0.1, 0.15) is 0 Å². The minimum Gasteiger partial charge on any atom is -0.330 e. The summed E-state index contributed by atoms with van der Waals surface area (Å²) in [5.41, 5.74) is 8.08. The van der Waals surface area contributed by atoms with Gasteiger partial charge >= 0.3 is 0 Å². The van der Waals surface area contributed by atoms with Crippen LogP contribution in [0.5, 0.6) is 0 Å². The first-order valence-corrected chi connectivity index (χ1v) is 7.94. The lowest BCUT2D eigenvalue weighted by atomic mass is 10.1. The number of fused-ring (bicyclic) bond motifs is 1. The quantitative estimate of drug-likeness (QED) is 0.813. The summed E-state index contributed by atoms with van der Waals surface area (Å²) >= 11 is 1.87. The van der Waals surface area contributed by atoms with Gasteiger partial charge in [0.15, 0.2) is 0 Å². The van der Waals surface area contributed by atoms with E-state index < -0.39 is 0 Å². The molecule has 2 N–H and O–H groups in total. The van der Waals surface area contributed by atoms with Crippen LogP contribution in [0.25, 0.3) is 10.9 Å². The molecule has 0 saturated carbocycles. The van der Waals surface area contributed by atoms with Gasteiger partial charge in [-0.05, 0) is 36.6 Å². The van der Waals surface area contributed by atoms with Gasteiger partial charge in [-0.25, -0.2) is 4.98 Å². The van der Waals surface area contributed by atoms with Crippen LogP contribution in [0.3, 0.4) is 0 Å². The van der Waals surface area contributed by atoms with Gasteiger partial charge in [0.05, 0.1) is 10.5 Å². The van der Waals surface area contributed by atoms with E-state index in [2.05, 4.69) is 38.1 Å². The molecule has 1 aromatic heterocycles. The first-order chi connectivity index (χ1) is 9.24. The van der Waals surface area contributed by atoms with Gasteiger partial charge in [-0.2, -0.15) is 0 Å². The summed E-state index contributed by atoms with van der Waals surface area (Å²) in [6, 6.07) is 10.5. The fraction of sp³-hybridized carbons (Fsp3) is 0.438. The molecule has 2 nitrogen and oxygen atoms in total. The number of benzene rings is 1. The third-order valence-electron chi connectivity index (χ3n) is 3.38. The van der Waals surface area contributed by atoms with Crippen molar-refractivity contribution >= 4 is 22.7 Å². The van der Waals surface area contributed by atoms with Crippen LogP contribution in [0.4, 0.5) is 0 Å². The fourth-order valence-corrected chi connectivity index (χ4v) is 3.13. The lowest BCUT2D eigenvalue weighted by Crippen LogP contribution is -2.06. The molecule has 3 heteroatoms. The molecule has 102 valence electrons. The van der Waals surface area contributed by atoms with Crippen molar-refractivity contribution in [2.75, 3.05) is 12.3 Å². The standard InChI is InChI=1S/C16H22N2S/c1-3-12(2)11-19-16-14(8-9-17)10-13-6-4-5-7-15(13)18-16/h4-7,10,12H,3,8-9,11,17H2,1-2H3. The fourth-order valence-electron chi connectivity index (χ4n) is 1.94. The van der Waals surface area contributed by atoms with Crippen molar-refractivity contribution in [3.05, 3.63) is 35.9 Å². The molecule has 0 saturated heterocycles. The van der Waals surface area contributed by atoms with Crippen LogP contribution in [0.2, 0.25) is 0 Å². The van der Waals surface area contributed by atoms with E-state index in [4.69, 9.17) is 10.7 Å². The SMILES string of the molecule is CCC(C)CSc1nc2ccccc2cc1CCN. The summed E-state index contributed by atoms with van der Waals surface area (Å²) in [5, 5.41) is 2.36. The Hall–Kier alpha value is -1.06. The molecule has 0 radical (unpaired) electrons. The summed E-state index contributed by atoms with van der Waals surface area (Å²) in [6.45, 7) is 5.20. The predicted molar refractivity (Wildman–Crippen MR) is 84.7 cm³/mol. The van der Waals surface area contributed by atoms with Crippen LogP contribution in [0, 0.1) is 5.92 Å². The minimum atomic E-state index is 0.677. The Labute approximate surface area is 119 Å². The van der Waals surface area contributed by atoms with Gasteiger partial charge in [-0.15, -0.1) is 11.8 Å². The van der Waals surface area contributed by atoms with Crippen LogP contribution in [-0.4, -0.2) is 17.3 Å². The Morgan fingerprint density at radius 3 is 2.84 bits per heavy atom. The molecular weight excluding hydrogens is 252 g/mol. The predicted octanol–water partition coefficient (Wildman–Crippen LogP) is 3.87. The Kier molecular flexibility index (Phi) is 5.23. The van der Waals surface area contributed by atoms with Crippen molar-refractivity contribution in [2.24, 2.45) is 11.7 Å². The van der Waals surface area contributed by atoms with Gasteiger partial charge in [0.25, 0.3) is 0 Å². The van der Waals surface area contributed by atoms with E-state index in [1.54, 1.807) is 0 Å². The molecule has 0 amide bonds. The topological polar surface area (TPSA) is 38.9 Å². The van der Waals surface area contributed by atoms with Gasteiger partial charge in [-0.3, -0.25) is 0 Å². The van der Waals surface area contributed by atoms with E-state index in [-0.39, 0.29) is 0 Å². The highest BCUT2D eigenvalue weighted by atomic mass is 32.2. The number of pyridine rings is 1. The maximum absolute atomic E-state index is 5.72. The Morgan fingerprint density at radius 2 is 2.11 bits per heavy atom. The lowest BCUT2D eigenvalue weighted by molar-refractivity contribution is 0.636. The third-order valence-corrected chi connectivity index (χ3v) is 4.74. The molecule has 2 aromatic rings. The number of nitrogens with zero attached hydrogens (tertiary/aromatic N) is 1. The first kappa shape index (κ1) is 14.4. The number of thioether (sulfide) groups is 1. The molecule has 0 spiro atoms. The third kappa shape index (κ3) is 3.71. The zero-order chi connectivity index (χ0) is 13.7. The number of aromatic nitrogens is 1. The molecule has 0 fully saturated rings. The molecule has 2 rings (SSSR count). The summed E-state index contributed by atoms with van der Waals surface area (Å²) in [7, 11) is 0. The van der Waals surface area contributed by atoms with Crippen LogP contribution >= 0.6 is 11.8 Å². The van der Waals surface area contributed by atoms with E-state index in [9.17, 15) is 0 Å². The molecular formula is C16H22N2S. The smallest absolute Gasteiger partial charge is 0.1000 e. The molecule has 1 heterocycles. The average molecular weight is 274 g/mol. The number of hydrogen-bond acceptors (Lipinski definition) is 3. The Morgan fingerprint density at radius 1 is 1.32 bits per heavy atom. The zero-order valence-corrected chi connectivity index (χ0v) is 12.5. The molecule has 1 aromatic carbocycles. The molecule has 0 aliphatic heterocycles. The maximum atomic E-state index is 5.72. The lowest BCUT2D eigenvalue weighted by Gasteiger charge is -2.12. The normalized spacial score (nSPS) is 12.8. The van der Waals surface area contributed by atoms with Crippen LogP contribution < -0.4 is 5.73 Å². The molecule has 0 bridgehead atoms. The van der Waals surface area contributed by atoms with Crippen molar-refractivity contribution < 1.29 is 0 Å². The zero-order valence-electron chi connectivity index (χ0n) is 11.7. The van der Waals surface area contributed by atoms with Crippen LogP contribution in [0.1, 0.15) is 25.8 Å². The summed E-state index contributed by atoms with van der Waals surface area (Å²) in [4.78, 5) is 4.81. The summed E-state index contributed by atoms with van der Waals surface area (Å²) in [5.74, 6) is 1.85. The number of para-hydroxylation sites is 1. The van der Waals surface area contributed by atoms with E-state index in [1.807, 2.05) is 17.8 Å². The summed E-state index contributed by atoms with van der Waals surface area (Å²) < 4.78 is 0. The first-order valence-electron chi connectivity index (χ1n) is 6.96. The Bertz CT molecular complexity index is 539. The van der Waals surface area contributed by atoms with Crippen molar-refractivity contribution in [3.8, 4) is 0 Å². The van der Waals surface area contributed by atoms with E-state index in [0.29, 0.717) is 6.54 Å². The monoisotopic (exact) mass is 274 g/mol. The van der Waals surface area contributed by atoms with E-state index in [0.717, 1.165) is 28.6 Å². The molecule has 1 atom stereocenters. The average Bonchev–Trinajstić information content (AvgIpc) is 2.45. The van der Waals surface area contributed by atoms with Crippen LogP contribution in [0.15, 0.2) is 35.4 Å². The van der Waals surface area contributed by atoms with Gasteiger partial charge in [-0.1, -0.05) is 38.5 Å². The number of hydrogen-bond donors (Lipinski definition) is 1. The van der Waals surface area contributed by atoms with E-state index >= 15 is 0 Å². The maximum Gasteiger partial charge on any atom is 0.1000 e. The van der Waals surface area contributed by atoms with Crippen molar-refractivity contribution in [3.63, 3.8) is 0 Å². The van der Waals surface area contributed by atoms with Gasteiger partial charge in [0.2, 0.25) is 0 Å². The molecule has 0 aliphatic rings. The number of nitrogens with two attached hydrogens (primary N) is 1. The highest BCUT2D eigenvalue weighted by molar-refractivity contribution is 7.99. The minimum absolute atomic E-state index is 0.677. The largest absolute Gasteiger partial charge is 0.330 e. The van der Waals surface area contributed by atoms with Gasteiger partial charge < -0.3 is 5.73 Å². The Balaban J connectivity index is 2.30. The highest BCUT2D eigenvalue weighted by Gasteiger charge is 2.09. The second-order valence-corrected chi connectivity index (χ2v) is 6.02. The van der Waals surface area contributed by atoms with Crippen molar-refractivity contribution in [2.45, 2.75) is 31.7 Å². The van der Waals surface area contributed by atoms with Crippen LogP contribution in [-0.2, 0) is 6.42 Å².